The van der Waals surface area contributed by atoms with Gasteiger partial charge in [-0.1, -0.05) is 62.7 Å². The van der Waals surface area contributed by atoms with Crippen LogP contribution in [0.2, 0.25) is 5.15 Å². The summed E-state index contributed by atoms with van der Waals surface area (Å²) in [6, 6.07) is 10.2. The largest absolute Gasteiger partial charge is 0.236 e. The first-order valence-electron chi connectivity index (χ1n) is 6.14. The molecule has 0 spiro atoms. The summed E-state index contributed by atoms with van der Waals surface area (Å²) in [5.41, 5.74) is 2.05. The van der Waals surface area contributed by atoms with Gasteiger partial charge in [0.2, 0.25) is 0 Å². The van der Waals surface area contributed by atoms with E-state index in [1.165, 1.54) is 5.56 Å². The Balaban J connectivity index is 2.40. The average molecular weight is 340 g/mol. The molecule has 0 saturated carbocycles. The fourth-order valence-corrected chi connectivity index (χ4v) is 2.78. The number of rotatable bonds is 2. The lowest BCUT2D eigenvalue weighted by molar-refractivity contribution is 0.559. The molecule has 19 heavy (non-hydrogen) atoms. The van der Waals surface area contributed by atoms with Crippen LogP contribution in [0.4, 0.5) is 0 Å². The Bertz CT molecular complexity index is 577. The fraction of sp³-hybridized carbons (Fsp3) is 0.333. The second kappa shape index (κ2) is 5.59. The van der Waals surface area contributed by atoms with E-state index in [-0.39, 0.29) is 5.41 Å². The van der Waals surface area contributed by atoms with Crippen LogP contribution in [0.1, 0.15) is 37.9 Å². The monoisotopic (exact) mass is 338 g/mol. The summed E-state index contributed by atoms with van der Waals surface area (Å²) < 4.78 is 0.790. The third-order valence-electron chi connectivity index (χ3n) is 2.77. The van der Waals surface area contributed by atoms with Gasteiger partial charge >= 0.3 is 0 Å². The van der Waals surface area contributed by atoms with E-state index in [1.807, 2.05) is 18.2 Å². The first kappa shape index (κ1) is 14.5. The van der Waals surface area contributed by atoms with Gasteiger partial charge in [-0.25, -0.2) is 9.97 Å². The third kappa shape index (κ3) is 3.54. The van der Waals surface area contributed by atoms with Crippen LogP contribution < -0.4 is 0 Å². The normalized spacial score (nSPS) is 11.6. The number of halogens is 2. The summed E-state index contributed by atoms with van der Waals surface area (Å²) in [4.78, 5) is 9.01. The first-order valence-corrected chi connectivity index (χ1v) is 7.31. The van der Waals surface area contributed by atoms with Crippen molar-refractivity contribution in [2.75, 3.05) is 0 Å². The van der Waals surface area contributed by atoms with E-state index in [0.29, 0.717) is 11.6 Å². The average Bonchev–Trinajstić information content (AvgIpc) is 2.33. The Hall–Kier alpha value is -0.930. The van der Waals surface area contributed by atoms with Crippen molar-refractivity contribution < 1.29 is 0 Å². The van der Waals surface area contributed by atoms with Gasteiger partial charge in [0, 0.05) is 11.8 Å². The van der Waals surface area contributed by atoms with Crippen molar-refractivity contribution >= 4 is 27.5 Å². The van der Waals surface area contributed by atoms with E-state index in [1.54, 1.807) is 0 Å². The lowest BCUT2D eigenvalue weighted by Gasteiger charge is -2.20. The number of benzene rings is 1. The molecule has 0 fully saturated rings. The Kier molecular flexibility index (Phi) is 4.26. The van der Waals surface area contributed by atoms with Crippen LogP contribution in [0.3, 0.4) is 0 Å². The number of hydrogen-bond donors (Lipinski definition) is 0. The van der Waals surface area contributed by atoms with Crippen molar-refractivity contribution in [3.05, 3.63) is 57.0 Å². The molecule has 0 aliphatic heterocycles. The first-order chi connectivity index (χ1) is 8.88. The highest BCUT2D eigenvalue weighted by Crippen LogP contribution is 2.32. The van der Waals surface area contributed by atoms with E-state index >= 15 is 0 Å². The molecule has 0 atom stereocenters. The van der Waals surface area contributed by atoms with Crippen LogP contribution in [-0.2, 0) is 11.8 Å². The predicted octanol–water partition coefficient (Wildman–Crippen LogP) is 4.78. The van der Waals surface area contributed by atoms with Crippen LogP contribution in [0.5, 0.6) is 0 Å². The Labute approximate surface area is 127 Å². The zero-order valence-electron chi connectivity index (χ0n) is 11.2. The van der Waals surface area contributed by atoms with E-state index in [0.717, 1.165) is 16.0 Å². The van der Waals surface area contributed by atoms with Crippen LogP contribution in [0.15, 0.2) is 34.8 Å². The molecular formula is C15H16BrClN2. The highest BCUT2D eigenvalue weighted by molar-refractivity contribution is 9.10. The molecule has 0 amide bonds. The summed E-state index contributed by atoms with van der Waals surface area (Å²) in [6.45, 7) is 6.34. The number of aromatic nitrogens is 2. The van der Waals surface area contributed by atoms with Gasteiger partial charge in [0.1, 0.15) is 11.0 Å². The van der Waals surface area contributed by atoms with Crippen LogP contribution >= 0.6 is 27.5 Å². The molecule has 2 nitrogen and oxygen atoms in total. The maximum absolute atomic E-state index is 6.19. The molecule has 100 valence electrons. The second-order valence-corrected chi connectivity index (χ2v) is 6.66. The Morgan fingerprint density at radius 2 is 1.74 bits per heavy atom. The zero-order valence-corrected chi connectivity index (χ0v) is 13.6. The molecule has 0 unspecified atom stereocenters. The Morgan fingerprint density at radius 3 is 2.32 bits per heavy atom. The minimum Gasteiger partial charge on any atom is -0.236 e. The predicted molar refractivity (Wildman–Crippen MR) is 82.7 cm³/mol. The molecular weight excluding hydrogens is 324 g/mol. The van der Waals surface area contributed by atoms with Crippen molar-refractivity contribution in [2.45, 2.75) is 32.6 Å². The van der Waals surface area contributed by atoms with E-state index in [4.69, 9.17) is 11.6 Å². The van der Waals surface area contributed by atoms with Gasteiger partial charge < -0.3 is 0 Å². The summed E-state index contributed by atoms with van der Waals surface area (Å²) in [5, 5.41) is 0.478. The van der Waals surface area contributed by atoms with E-state index in [2.05, 4.69) is 58.8 Å². The topological polar surface area (TPSA) is 25.8 Å². The molecule has 0 bridgehead atoms. The number of nitrogens with zero attached hydrogens (tertiary/aromatic N) is 2. The SMILES string of the molecule is CC(C)(C)c1nc(Cc2ccccc2)nc(Cl)c1Br. The highest BCUT2D eigenvalue weighted by atomic mass is 79.9. The van der Waals surface area contributed by atoms with Gasteiger partial charge in [-0.3, -0.25) is 0 Å². The van der Waals surface area contributed by atoms with Gasteiger partial charge in [-0.2, -0.15) is 0 Å². The van der Waals surface area contributed by atoms with Gasteiger partial charge in [0.05, 0.1) is 10.2 Å². The molecule has 4 heteroatoms. The lowest BCUT2D eigenvalue weighted by atomic mass is 9.92. The maximum Gasteiger partial charge on any atom is 0.147 e. The molecule has 0 radical (unpaired) electrons. The van der Waals surface area contributed by atoms with Gasteiger partial charge in [0.15, 0.2) is 0 Å². The smallest absolute Gasteiger partial charge is 0.147 e. The van der Waals surface area contributed by atoms with Crippen LogP contribution in [0.25, 0.3) is 0 Å². The quantitative estimate of drug-likeness (QED) is 0.736. The molecule has 0 aliphatic carbocycles. The van der Waals surface area contributed by atoms with Crippen molar-refractivity contribution in [3.8, 4) is 0 Å². The van der Waals surface area contributed by atoms with Gasteiger partial charge in [-0.05, 0) is 21.5 Å². The summed E-state index contributed by atoms with van der Waals surface area (Å²) in [6.07, 6.45) is 0.691. The van der Waals surface area contributed by atoms with E-state index in [9.17, 15) is 0 Å². The summed E-state index contributed by atoms with van der Waals surface area (Å²) in [5.74, 6) is 0.754. The van der Waals surface area contributed by atoms with Gasteiger partial charge in [-0.15, -0.1) is 0 Å². The maximum atomic E-state index is 6.19. The Morgan fingerprint density at radius 1 is 1.11 bits per heavy atom. The highest BCUT2D eigenvalue weighted by Gasteiger charge is 2.22. The molecule has 1 aromatic carbocycles. The number of hydrogen-bond acceptors (Lipinski definition) is 2. The van der Waals surface area contributed by atoms with Gasteiger partial charge in [0.25, 0.3) is 0 Å². The zero-order chi connectivity index (χ0) is 14.0. The molecule has 0 aliphatic rings. The molecule has 0 N–H and O–H groups in total. The molecule has 0 saturated heterocycles. The molecule has 2 aromatic rings. The minimum atomic E-state index is -0.0726. The standard InChI is InChI=1S/C15H16BrClN2/c1-15(2,3)13-12(16)14(17)19-11(18-13)9-10-7-5-4-6-8-10/h4-8H,9H2,1-3H3. The summed E-state index contributed by atoms with van der Waals surface area (Å²) in [7, 11) is 0. The van der Waals surface area contributed by atoms with Crippen molar-refractivity contribution in [2.24, 2.45) is 0 Å². The second-order valence-electron chi connectivity index (χ2n) is 5.51. The summed E-state index contributed by atoms with van der Waals surface area (Å²) >= 11 is 9.67. The van der Waals surface area contributed by atoms with Crippen LogP contribution in [-0.4, -0.2) is 9.97 Å². The lowest BCUT2D eigenvalue weighted by Crippen LogP contribution is -2.17. The fourth-order valence-electron chi connectivity index (χ4n) is 1.82. The third-order valence-corrected chi connectivity index (χ3v) is 4.03. The van der Waals surface area contributed by atoms with Crippen molar-refractivity contribution in [3.63, 3.8) is 0 Å². The van der Waals surface area contributed by atoms with Crippen molar-refractivity contribution in [1.29, 1.82) is 0 Å². The van der Waals surface area contributed by atoms with Crippen molar-refractivity contribution in [1.82, 2.24) is 9.97 Å². The molecule has 1 heterocycles. The minimum absolute atomic E-state index is 0.0726. The van der Waals surface area contributed by atoms with Crippen LogP contribution in [0, 0.1) is 0 Å². The molecule has 2 rings (SSSR count). The van der Waals surface area contributed by atoms with E-state index < -0.39 is 0 Å². The molecule has 1 aromatic heterocycles.